The van der Waals surface area contributed by atoms with E-state index in [-0.39, 0.29) is 0 Å². The summed E-state index contributed by atoms with van der Waals surface area (Å²) in [7, 11) is 0. The number of aryl methyl sites for hydroxylation is 1. The van der Waals surface area contributed by atoms with Gasteiger partial charge in [-0.05, 0) is 32.4 Å². The molecule has 0 spiro atoms. The molecule has 3 heteroatoms. The molecule has 0 atom stereocenters. The number of nitriles is 1. The van der Waals surface area contributed by atoms with Crippen molar-refractivity contribution in [2.75, 3.05) is 18.0 Å². The summed E-state index contributed by atoms with van der Waals surface area (Å²) < 4.78 is 0. The van der Waals surface area contributed by atoms with Crippen LogP contribution >= 0.6 is 0 Å². The van der Waals surface area contributed by atoms with Gasteiger partial charge in [-0.2, -0.15) is 5.26 Å². The largest absolute Gasteiger partial charge is 0.352 e. The third kappa shape index (κ3) is 2.22. The molecule has 0 saturated carbocycles. The maximum atomic E-state index is 8.93. The van der Waals surface area contributed by atoms with E-state index in [4.69, 9.17) is 5.26 Å². The molecule has 0 N–H and O–H groups in total. The second-order valence-electron chi connectivity index (χ2n) is 4.23. The molecule has 0 aliphatic carbocycles. The van der Waals surface area contributed by atoms with Gasteiger partial charge in [0, 0.05) is 18.8 Å². The Bertz CT molecular complexity index is 469. The Morgan fingerprint density at radius 2 is 2.19 bits per heavy atom. The smallest absolute Gasteiger partial charge is 0.130 e. The first-order valence-electron chi connectivity index (χ1n) is 5.48. The van der Waals surface area contributed by atoms with Crippen LogP contribution in [-0.4, -0.2) is 18.1 Å². The van der Waals surface area contributed by atoms with Crippen molar-refractivity contribution in [2.45, 2.75) is 20.3 Å². The second-order valence-corrected chi connectivity index (χ2v) is 4.23. The normalized spacial score (nSPS) is 15.6. The molecular formula is C13H15N3. The standard InChI is InChI=1S/C13H15N3/c1-10-4-3-5-16(9-10)13-7-12(8-14)6-11(2)15-13/h4,6-7H,3,5,9H2,1-2H3. The minimum absolute atomic E-state index is 0.690. The highest BCUT2D eigenvalue weighted by molar-refractivity contribution is 5.48. The molecule has 0 fully saturated rings. The molecule has 1 aliphatic heterocycles. The SMILES string of the molecule is CC1=CCCN(c2cc(C#N)cc(C)n2)C1. The van der Waals surface area contributed by atoms with Crippen LogP contribution in [0, 0.1) is 18.3 Å². The molecule has 0 radical (unpaired) electrons. The average Bonchev–Trinajstić information content (AvgIpc) is 2.28. The first kappa shape index (κ1) is 10.7. The summed E-state index contributed by atoms with van der Waals surface area (Å²) in [5.74, 6) is 0.920. The van der Waals surface area contributed by atoms with Crippen LogP contribution in [0.4, 0.5) is 5.82 Å². The van der Waals surface area contributed by atoms with Crippen molar-refractivity contribution in [2.24, 2.45) is 0 Å². The number of aromatic nitrogens is 1. The fourth-order valence-electron chi connectivity index (χ4n) is 1.98. The zero-order chi connectivity index (χ0) is 11.5. The predicted molar refractivity (Wildman–Crippen MR) is 64.3 cm³/mol. The van der Waals surface area contributed by atoms with Crippen LogP contribution in [0.2, 0.25) is 0 Å². The van der Waals surface area contributed by atoms with Gasteiger partial charge in [-0.1, -0.05) is 11.6 Å². The van der Waals surface area contributed by atoms with Crippen molar-refractivity contribution in [3.8, 4) is 6.07 Å². The van der Waals surface area contributed by atoms with E-state index in [1.807, 2.05) is 19.1 Å². The Labute approximate surface area is 96.0 Å². The van der Waals surface area contributed by atoms with Crippen molar-refractivity contribution in [1.29, 1.82) is 5.26 Å². The van der Waals surface area contributed by atoms with Gasteiger partial charge in [0.2, 0.25) is 0 Å². The van der Waals surface area contributed by atoms with E-state index in [1.54, 1.807) is 0 Å². The van der Waals surface area contributed by atoms with Gasteiger partial charge in [0.15, 0.2) is 0 Å². The number of anilines is 1. The summed E-state index contributed by atoms with van der Waals surface area (Å²) in [6.45, 7) is 5.96. The zero-order valence-electron chi connectivity index (χ0n) is 9.70. The third-order valence-electron chi connectivity index (χ3n) is 2.73. The molecule has 0 bridgehead atoms. The molecule has 1 aliphatic rings. The fourth-order valence-corrected chi connectivity index (χ4v) is 1.98. The zero-order valence-corrected chi connectivity index (χ0v) is 9.70. The van der Waals surface area contributed by atoms with Crippen LogP contribution in [0.15, 0.2) is 23.8 Å². The van der Waals surface area contributed by atoms with Crippen LogP contribution in [0.25, 0.3) is 0 Å². The molecular weight excluding hydrogens is 198 g/mol. The van der Waals surface area contributed by atoms with E-state index in [2.05, 4.69) is 29.0 Å². The summed E-state index contributed by atoms with van der Waals surface area (Å²) in [5, 5.41) is 8.93. The fraction of sp³-hybridized carbons (Fsp3) is 0.385. The monoisotopic (exact) mass is 213 g/mol. The minimum atomic E-state index is 0.690. The average molecular weight is 213 g/mol. The highest BCUT2D eigenvalue weighted by atomic mass is 15.2. The summed E-state index contributed by atoms with van der Waals surface area (Å²) in [4.78, 5) is 6.71. The molecule has 0 unspecified atom stereocenters. The first-order chi connectivity index (χ1) is 7.69. The topological polar surface area (TPSA) is 39.9 Å². The second kappa shape index (κ2) is 4.36. The van der Waals surface area contributed by atoms with Gasteiger partial charge in [-0.3, -0.25) is 0 Å². The third-order valence-corrected chi connectivity index (χ3v) is 2.73. The van der Waals surface area contributed by atoms with Crippen molar-refractivity contribution in [3.63, 3.8) is 0 Å². The summed E-state index contributed by atoms with van der Waals surface area (Å²) in [6.07, 6.45) is 3.32. The van der Waals surface area contributed by atoms with Crippen molar-refractivity contribution < 1.29 is 0 Å². The van der Waals surface area contributed by atoms with E-state index in [9.17, 15) is 0 Å². The molecule has 1 aromatic heterocycles. The van der Waals surface area contributed by atoms with Gasteiger partial charge in [-0.15, -0.1) is 0 Å². The Balaban J connectivity index is 2.30. The summed E-state index contributed by atoms with van der Waals surface area (Å²) in [6, 6.07) is 5.86. The van der Waals surface area contributed by atoms with Crippen LogP contribution < -0.4 is 4.90 Å². The molecule has 0 aromatic carbocycles. The quantitative estimate of drug-likeness (QED) is 0.672. The number of rotatable bonds is 1. The molecule has 82 valence electrons. The maximum absolute atomic E-state index is 8.93. The number of nitrogens with zero attached hydrogens (tertiary/aromatic N) is 3. The van der Waals surface area contributed by atoms with Gasteiger partial charge in [0.05, 0.1) is 11.6 Å². The molecule has 0 saturated heterocycles. The van der Waals surface area contributed by atoms with Gasteiger partial charge < -0.3 is 4.90 Å². The van der Waals surface area contributed by atoms with Gasteiger partial charge >= 0.3 is 0 Å². The maximum Gasteiger partial charge on any atom is 0.130 e. The molecule has 2 heterocycles. The first-order valence-corrected chi connectivity index (χ1v) is 5.48. The van der Waals surface area contributed by atoms with E-state index >= 15 is 0 Å². The molecule has 0 amide bonds. The Hall–Kier alpha value is -1.82. The Morgan fingerprint density at radius 1 is 1.38 bits per heavy atom. The van der Waals surface area contributed by atoms with E-state index in [0.29, 0.717) is 5.56 Å². The number of hydrogen-bond donors (Lipinski definition) is 0. The van der Waals surface area contributed by atoms with Gasteiger partial charge in [0.1, 0.15) is 5.82 Å². The van der Waals surface area contributed by atoms with Crippen molar-refractivity contribution in [1.82, 2.24) is 4.98 Å². The van der Waals surface area contributed by atoms with Crippen molar-refractivity contribution >= 4 is 5.82 Å². The molecule has 2 rings (SSSR count). The lowest BCUT2D eigenvalue weighted by Gasteiger charge is -2.27. The number of pyridine rings is 1. The van der Waals surface area contributed by atoms with Crippen LogP contribution in [0.3, 0.4) is 0 Å². The molecule has 16 heavy (non-hydrogen) atoms. The van der Waals surface area contributed by atoms with Crippen LogP contribution in [-0.2, 0) is 0 Å². The van der Waals surface area contributed by atoms with E-state index in [0.717, 1.165) is 31.0 Å². The van der Waals surface area contributed by atoms with Crippen LogP contribution in [0.1, 0.15) is 24.6 Å². The van der Waals surface area contributed by atoms with E-state index in [1.165, 1.54) is 5.57 Å². The minimum Gasteiger partial charge on any atom is -0.352 e. The van der Waals surface area contributed by atoms with Crippen molar-refractivity contribution in [3.05, 3.63) is 35.0 Å². The van der Waals surface area contributed by atoms with E-state index < -0.39 is 0 Å². The van der Waals surface area contributed by atoms with Gasteiger partial charge in [-0.25, -0.2) is 4.98 Å². The highest BCUT2D eigenvalue weighted by Crippen LogP contribution is 2.19. The molecule has 1 aromatic rings. The highest BCUT2D eigenvalue weighted by Gasteiger charge is 2.12. The summed E-state index contributed by atoms with van der Waals surface area (Å²) >= 11 is 0. The lowest BCUT2D eigenvalue weighted by atomic mass is 10.1. The lowest BCUT2D eigenvalue weighted by molar-refractivity contribution is 0.776. The summed E-state index contributed by atoms with van der Waals surface area (Å²) in [5.41, 5.74) is 2.96. The number of hydrogen-bond acceptors (Lipinski definition) is 3. The lowest BCUT2D eigenvalue weighted by Crippen LogP contribution is -2.30. The molecule has 3 nitrogen and oxygen atoms in total. The van der Waals surface area contributed by atoms with Crippen LogP contribution in [0.5, 0.6) is 0 Å². The predicted octanol–water partition coefficient (Wildman–Crippen LogP) is 2.42. The van der Waals surface area contributed by atoms with Gasteiger partial charge in [0.25, 0.3) is 0 Å². The Morgan fingerprint density at radius 3 is 2.88 bits per heavy atom. The Kier molecular flexibility index (Phi) is 2.91.